The number of methoxy groups -OCH3 is 1. The molecule has 0 aliphatic carbocycles. The Kier molecular flexibility index (Phi) is 7.14. The molecule has 9 heteroatoms. The highest BCUT2D eigenvalue weighted by Gasteiger charge is 2.15. The molecule has 0 saturated carbocycles. The van der Waals surface area contributed by atoms with Crippen molar-refractivity contribution in [2.45, 2.75) is 6.92 Å². The number of para-hydroxylation sites is 1. The van der Waals surface area contributed by atoms with Gasteiger partial charge in [-0.1, -0.05) is 18.2 Å². The number of rotatable bonds is 8. The molecule has 4 rings (SSSR count). The van der Waals surface area contributed by atoms with Gasteiger partial charge < -0.3 is 20.1 Å². The second kappa shape index (κ2) is 10.6. The smallest absolute Gasteiger partial charge is 0.336 e. The van der Waals surface area contributed by atoms with Crippen LogP contribution in [0.3, 0.4) is 0 Å². The van der Waals surface area contributed by atoms with Crippen LogP contribution in [-0.2, 0) is 4.74 Å². The second-order valence-electron chi connectivity index (χ2n) is 7.42. The Hall–Kier alpha value is -4.24. The Morgan fingerprint density at radius 3 is 2.41 bits per heavy atom. The molecule has 0 saturated heterocycles. The number of hydrogen-bond acceptors (Lipinski definition) is 5. The van der Waals surface area contributed by atoms with Crippen LogP contribution in [0.4, 0.5) is 20.6 Å². The summed E-state index contributed by atoms with van der Waals surface area (Å²) in [6, 6.07) is 20.5. The van der Waals surface area contributed by atoms with Crippen LogP contribution in [0, 0.1) is 12.7 Å². The fraction of sp³-hybridized carbons (Fsp3) is 0.160. The molecule has 0 radical (unpaired) electrons. The van der Waals surface area contributed by atoms with Gasteiger partial charge in [-0.25, -0.2) is 13.9 Å². The zero-order valence-corrected chi connectivity index (χ0v) is 18.8. The van der Waals surface area contributed by atoms with Crippen LogP contribution in [0.1, 0.15) is 5.56 Å². The lowest BCUT2D eigenvalue weighted by Gasteiger charge is -2.11. The average Bonchev–Trinajstić information content (AvgIpc) is 3.26. The number of amides is 2. The van der Waals surface area contributed by atoms with Gasteiger partial charge in [0.05, 0.1) is 12.3 Å². The summed E-state index contributed by atoms with van der Waals surface area (Å²) >= 11 is 0. The topological polar surface area (TPSA) is 90.3 Å². The van der Waals surface area contributed by atoms with E-state index < -0.39 is 0 Å². The van der Waals surface area contributed by atoms with Gasteiger partial charge in [0.15, 0.2) is 5.82 Å². The van der Waals surface area contributed by atoms with E-state index in [1.165, 1.54) is 12.1 Å². The largest absolute Gasteiger partial charge is 0.460 e. The van der Waals surface area contributed by atoms with E-state index in [4.69, 9.17) is 9.47 Å². The summed E-state index contributed by atoms with van der Waals surface area (Å²) in [5.41, 5.74) is 3.68. The SMILES string of the molecule is COCCOc1nc(-c2ccc(F)cc2)n(-c2ccc(NC(=O)Nc3ccccc3C)cc2)n1. The van der Waals surface area contributed by atoms with Gasteiger partial charge in [-0.05, 0) is 67.1 Å². The maximum absolute atomic E-state index is 13.4. The average molecular weight is 461 g/mol. The van der Waals surface area contributed by atoms with E-state index in [0.717, 1.165) is 11.3 Å². The molecule has 0 aliphatic heterocycles. The number of hydrogen-bond donors (Lipinski definition) is 2. The maximum atomic E-state index is 13.4. The molecule has 2 N–H and O–H groups in total. The first-order valence-corrected chi connectivity index (χ1v) is 10.6. The molecule has 0 aliphatic rings. The first-order valence-electron chi connectivity index (χ1n) is 10.6. The van der Waals surface area contributed by atoms with Crippen molar-refractivity contribution in [1.29, 1.82) is 0 Å². The quantitative estimate of drug-likeness (QED) is 0.358. The number of ether oxygens (including phenoxy) is 2. The number of halogens is 1. The molecule has 34 heavy (non-hydrogen) atoms. The van der Waals surface area contributed by atoms with Crippen molar-refractivity contribution >= 4 is 17.4 Å². The van der Waals surface area contributed by atoms with E-state index >= 15 is 0 Å². The lowest BCUT2D eigenvalue weighted by Crippen LogP contribution is -2.19. The van der Waals surface area contributed by atoms with Crippen molar-refractivity contribution in [3.63, 3.8) is 0 Å². The second-order valence-corrected chi connectivity index (χ2v) is 7.42. The van der Waals surface area contributed by atoms with E-state index in [1.807, 2.05) is 31.2 Å². The lowest BCUT2D eigenvalue weighted by molar-refractivity contribution is 0.141. The molecule has 0 unspecified atom stereocenters. The van der Waals surface area contributed by atoms with E-state index in [2.05, 4.69) is 20.7 Å². The third kappa shape index (κ3) is 5.57. The van der Waals surface area contributed by atoms with E-state index in [9.17, 15) is 9.18 Å². The lowest BCUT2D eigenvalue weighted by atomic mass is 10.2. The molecule has 3 aromatic carbocycles. The molecule has 0 bridgehead atoms. The highest BCUT2D eigenvalue weighted by molar-refractivity contribution is 6.00. The predicted molar refractivity (Wildman–Crippen MR) is 128 cm³/mol. The number of carbonyl (C=O) groups excluding carboxylic acids is 1. The summed E-state index contributed by atoms with van der Waals surface area (Å²) in [5, 5.41) is 10.1. The third-order valence-electron chi connectivity index (χ3n) is 4.97. The number of nitrogens with zero attached hydrogens (tertiary/aromatic N) is 3. The molecule has 0 fully saturated rings. The Morgan fingerprint density at radius 2 is 1.71 bits per heavy atom. The van der Waals surface area contributed by atoms with Gasteiger partial charge in [0, 0.05) is 24.0 Å². The summed E-state index contributed by atoms with van der Waals surface area (Å²) in [6.07, 6.45) is 0. The molecule has 174 valence electrons. The van der Waals surface area contributed by atoms with Crippen molar-refractivity contribution in [3.05, 3.63) is 84.2 Å². The van der Waals surface area contributed by atoms with Crippen molar-refractivity contribution in [3.8, 4) is 23.1 Å². The number of aromatic nitrogens is 3. The van der Waals surface area contributed by atoms with Crippen LogP contribution < -0.4 is 15.4 Å². The van der Waals surface area contributed by atoms with Crippen molar-refractivity contribution in [1.82, 2.24) is 14.8 Å². The highest BCUT2D eigenvalue weighted by Crippen LogP contribution is 2.25. The molecular weight excluding hydrogens is 437 g/mol. The molecule has 8 nitrogen and oxygen atoms in total. The molecule has 4 aromatic rings. The summed E-state index contributed by atoms with van der Waals surface area (Å²) in [6.45, 7) is 2.61. The minimum absolute atomic E-state index is 0.177. The Labute approximate surface area is 196 Å². The number of benzene rings is 3. The summed E-state index contributed by atoms with van der Waals surface area (Å²) < 4.78 is 25.6. The van der Waals surface area contributed by atoms with Crippen molar-refractivity contribution in [2.75, 3.05) is 31.0 Å². The fourth-order valence-corrected chi connectivity index (χ4v) is 3.22. The van der Waals surface area contributed by atoms with Crippen LogP contribution in [0.15, 0.2) is 72.8 Å². The summed E-state index contributed by atoms with van der Waals surface area (Å²) in [7, 11) is 1.58. The highest BCUT2D eigenvalue weighted by atomic mass is 19.1. The molecule has 0 atom stereocenters. The van der Waals surface area contributed by atoms with Gasteiger partial charge in [-0.15, -0.1) is 5.10 Å². The first kappa shape index (κ1) is 22.9. The van der Waals surface area contributed by atoms with E-state index in [1.54, 1.807) is 48.2 Å². The summed E-state index contributed by atoms with van der Waals surface area (Å²) in [4.78, 5) is 16.8. The van der Waals surface area contributed by atoms with Crippen molar-refractivity contribution < 1.29 is 18.7 Å². The minimum Gasteiger partial charge on any atom is -0.460 e. The minimum atomic E-state index is -0.344. The van der Waals surface area contributed by atoms with Crippen molar-refractivity contribution in [2.24, 2.45) is 0 Å². The Morgan fingerprint density at radius 1 is 0.971 bits per heavy atom. The van der Waals surface area contributed by atoms with Gasteiger partial charge in [-0.2, -0.15) is 4.98 Å². The molecular formula is C25H24FN5O3. The standard InChI is InChI=1S/C25H24FN5O3/c1-17-5-3-4-6-22(17)28-24(32)27-20-11-13-21(14-12-20)31-23(18-7-9-19(26)10-8-18)29-25(30-31)34-16-15-33-2/h3-14H,15-16H2,1-2H3,(H2,27,28,32). The van der Waals surface area contributed by atoms with Crippen LogP contribution >= 0.6 is 0 Å². The first-order chi connectivity index (χ1) is 16.5. The number of carbonyl (C=O) groups is 1. The van der Waals surface area contributed by atoms with Gasteiger partial charge >= 0.3 is 12.0 Å². The van der Waals surface area contributed by atoms with Gasteiger partial charge in [0.2, 0.25) is 0 Å². The van der Waals surface area contributed by atoms with E-state index in [-0.39, 0.29) is 17.9 Å². The fourth-order valence-electron chi connectivity index (χ4n) is 3.22. The maximum Gasteiger partial charge on any atom is 0.336 e. The van der Waals surface area contributed by atoms with Crippen LogP contribution in [0.2, 0.25) is 0 Å². The summed E-state index contributed by atoms with van der Waals surface area (Å²) in [5.74, 6) is 0.149. The number of nitrogens with one attached hydrogen (secondary N) is 2. The van der Waals surface area contributed by atoms with Gasteiger partial charge in [0.25, 0.3) is 0 Å². The molecule has 2 amide bonds. The Balaban J connectivity index is 1.54. The molecule has 1 heterocycles. The van der Waals surface area contributed by atoms with Crippen LogP contribution in [-0.4, -0.2) is 41.1 Å². The molecule has 0 spiro atoms. The van der Waals surface area contributed by atoms with Gasteiger partial charge in [0.1, 0.15) is 12.4 Å². The van der Waals surface area contributed by atoms with Crippen LogP contribution in [0.5, 0.6) is 6.01 Å². The number of anilines is 2. The number of urea groups is 1. The van der Waals surface area contributed by atoms with Crippen LogP contribution in [0.25, 0.3) is 17.1 Å². The monoisotopic (exact) mass is 461 g/mol. The number of aryl methyl sites for hydroxylation is 1. The normalized spacial score (nSPS) is 10.7. The molecule has 1 aromatic heterocycles. The zero-order chi connectivity index (χ0) is 23.9. The van der Waals surface area contributed by atoms with E-state index in [0.29, 0.717) is 36.0 Å². The zero-order valence-electron chi connectivity index (χ0n) is 18.8. The third-order valence-corrected chi connectivity index (χ3v) is 4.97. The Bertz CT molecular complexity index is 1260. The predicted octanol–water partition coefficient (Wildman–Crippen LogP) is 5.05. The van der Waals surface area contributed by atoms with Gasteiger partial charge in [-0.3, -0.25) is 0 Å².